The molecule has 0 fully saturated rings. The second-order valence-electron chi connectivity index (χ2n) is 2.09. The third kappa shape index (κ3) is 3.17. The molecule has 1 aromatic rings. The van der Waals surface area contributed by atoms with E-state index in [1.165, 1.54) is 13.2 Å². The molecule has 5 nitrogen and oxygen atoms in total. The number of hydrogen-bond acceptors (Lipinski definition) is 4. The van der Waals surface area contributed by atoms with Crippen LogP contribution in [0.5, 0.6) is 0 Å². The molecule has 0 aliphatic rings. The fraction of sp³-hybridized carbons (Fsp3) is 0.286. The number of amides is 1. The molecule has 1 rings (SSSR count). The van der Waals surface area contributed by atoms with Gasteiger partial charge in [0.15, 0.2) is 17.2 Å². The van der Waals surface area contributed by atoms with Crippen LogP contribution in [0.1, 0.15) is 10.6 Å². The van der Waals surface area contributed by atoms with Crippen molar-refractivity contribution in [3.63, 3.8) is 0 Å². The lowest BCUT2D eigenvalue weighted by molar-refractivity contribution is -0.0711. The van der Waals surface area contributed by atoms with Crippen molar-refractivity contribution in [3.05, 3.63) is 22.6 Å². The van der Waals surface area contributed by atoms with Crippen molar-refractivity contribution in [2.45, 2.75) is 0 Å². The molecule has 0 atom stereocenters. The lowest BCUT2D eigenvalue weighted by atomic mass is 10.4. The second kappa shape index (κ2) is 5.00. The highest BCUT2D eigenvalue weighted by Crippen LogP contribution is 2.13. The molecule has 1 amide bonds. The van der Waals surface area contributed by atoms with Crippen LogP contribution in [0.25, 0.3) is 0 Å². The summed E-state index contributed by atoms with van der Waals surface area (Å²) in [5.74, 6) is -0.286. The van der Waals surface area contributed by atoms with Crippen molar-refractivity contribution in [1.29, 1.82) is 0 Å². The lowest BCUT2D eigenvalue weighted by Crippen LogP contribution is -2.24. The van der Waals surface area contributed by atoms with Gasteiger partial charge < -0.3 is 9.15 Å². The van der Waals surface area contributed by atoms with Crippen molar-refractivity contribution >= 4 is 21.8 Å². The van der Waals surface area contributed by atoms with Crippen molar-refractivity contribution in [2.75, 3.05) is 13.9 Å². The van der Waals surface area contributed by atoms with Crippen LogP contribution in [0.15, 0.2) is 21.2 Å². The summed E-state index contributed by atoms with van der Waals surface area (Å²) in [4.78, 5) is 15.7. The Morgan fingerprint density at radius 3 is 3.00 bits per heavy atom. The molecular weight excluding hydrogens is 242 g/mol. The van der Waals surface area contributed by atoms with E-state index in [-0.39, 0.29) is 12.6 Å². The first kappa shape index (κ1) is 10.2. The number of nitrogens with one attached hydrogen (secondary N) is 1. The standard InChI is InChI=1S/C7H8BrNO4/c1-11-4-12-9-7(10)5-2-3-6(8)13-5/h2-3H,4H2,1H3,(H,9,10). The smallest absolute Gasteiger partial charge is 0.310 e. The van der Waals surface area contributed by atoms with Gasteiger partial charge in [-0.05, 0) is 28.1 Å². The summed E-state index contributed by atoms with van der Waals surface area (Å²) in [7, 11) is 1.45. The summed E-state index contributed by atoms with van der Waals surface area (Å²) in [6, 6.07) is 3.14. The largest absolute Gasteiger partial charge is 0.444 e. The molecular formula is C7H8BrNO4. The molecule has 13 heavy (non-hydrogen) atoms. The van der Waals surface area contributed by atoms with Crippen molar-refractivity contribution in [3.8, 4) is 0 Å². The molecule has 0 radical (unpaired) electrons. The summed E-state index contributed by atoms with van der Waals surface area (Å²) in [6.07, 6.45) is 0. The molecule has 0 aliphatic carbocycles. The van der Waals surface area contributed by atoms with Crippen LogP contribution in [-0.2, 0) is 9.57 Å². The monoisotopic (exact) mass is 249 g/mol. The zero-order valence-electron chi connectivity index (χ0n) is 6.87. The summed E-state index contributed by atoms with van der Waals surface area (Å²) in [5, 5.41) is 0. The third-order valence-electron chi connectivity index (χ3n) is 1.14. The van der Waals surface area contributed by atoms with Gasteiger partial charge in [0.1, 0.15) is 0 Å². The van der Waals surface area contributed by atoms with Gasteiger partial charge in [0.05, 0.1) is 0 Å². The average molecular weight is 250 g/mol. The Morgan fingerprint density at radius 1 is 1.69 bits per heavy atom. The van der Waals surface area contributed by atoms with Crippen LogP contribution >= 0.6 is 15.9 Å². The Hall–Kier alpha value is -0.850. The number of carbonyl (C=O) groups is 1. The molecule has 6 heteroatoms. The fourth-order valence-corrected chi connectivity index (χ4v) is 0.947. The Balaban J connectivity index is 2.40. The Morgan fingerprint density at radius 2 is 2.46 bits per heavy atom. The van der Waals surface area contributed by atoms with Crippen molar-refractivity contribution in [1.82, 2.24) is 5.48 Å². The highest BCUT2D eigenvalue weighted by atomic mass is 79.9. The molecule has 0 bridgehead atoms. The summed E-state index contributed by atoms with van der Waals surface area (Å²) >= 11 is 3.07. The van der Waals surface area contributed by atoms with E-state index in [0.29, 0.717) is 4.67 Å². The molecule has 0 aromatic carbocycles. The van der Waals surface area contributed by atoms with Gasteiger partial charge in [0, 0.05) is 7.11 Å². The Labute approximate surface area is 83.1 Å². The van der Waals surface area contributed by atoms with Crippen LogP contribution in [-0.4, -0.2) is 19.8 Å². The number of rotatable bonds is 4. The van der Waals surface area contributed by atoms with Gasteiger partial charge in [0.25, 0.3) is 0 Å². The van der Waals surface area contributed by atoms with Gasteiger partial charge in [-0.1, -0.05) is 0 Å². The molecule has 1 heterocycles. The minimum absolute atomic E-state index is 0.00633. The van der Waals surface area contributed by atoms with Crippen LogP contribution in [0.4, 0.5) is 0 Å². The second-order valence-corrected chi connectivity index (χ2v) is 2.87. The number of halogens is 1. The maximum absolute atomic E-state index is 11.1. The van der Waals surface area contributed by atoms with E-state index in [1.807, 2.05) is 0 Å². The Kier molecular flexibility index (Phi) is 3.94. The van der Waals surface area contributed by atoms with E-state index in [0.717, 1.165) is 0 Å². The number of hydrogen-bond donors (Lipinski definition) is 1. The summed E-state index contributed by atoms with van der Waals surface area (Å²) < 4.78 is 10.0. The van der Waals surface area contributed by atoms with Gasteiger partial charge in [-0.3, -0.25) is 4.79 Å². The van der Waals surface area contributed by atoms with Gasteiger partial charge >= 0.3 is 5.91 Å². The molecule has 0 saturated heterocycles. The molecule has 1 N–H and O–H groups in total. The maximum Gasteiger partial charge on any atom is 0.310 e. The highest BCUT2D eigenvalue weighted by molar-refractivity contribution is 9.10. The van der Waals surface area contributed by atoms with E-state index in [1.54, 1.807) is 6.07 Å². The molecule has 72 valence electrons. The minimum Gasteiger partial charge on any atom is -0.444 e. The van der Waals surface area contributed by atoms with Crippen molar-refractivity contribution < 1.29 is 18.8 Å². The lowest BCUT2D eigenvalue weighted by Gasteiger charge is -2.01. The molecule has 1 aromatic heterocycles. The predicted molar refractivity (Wildman–Crippen MR) is 46.8 cm³/mol. The molecule has 0 unspecified atom stereocenters. The molecule has 0 spiro atoms. The predicted octanol–water partition coefficient (Wildman–Crippen LogP) is 1.31. The fourth-order valence-electron chi connectivity index (χ4n) is 0.641. The van der Waals surface area contributed by atoms with Crippen LogP contribution in [0, 0.1) is 0 Å². The van der Waals surface area contributed by atoms with Gasteiger partial charge in [-0.15, -0.1) is 0 Å². The van der Waals surface area contributed by atoms with E-state index in [2.05, 4.69) is 31.0 Å². The summed E-state index contributed by atoms with van der Waals surface area (Å²) in [5.41, 5.74) is 2.13. The zero-order valence-corrected chi connectivity index (χ0v) is 8.46. The van der Waals surface area contributed by atoms with Crippen molar-refractivity contribution in [2.24, 2.45) is 0 Å². The van der Waals surface area contributed by atoms with E-state index in [9.17, 15) is 4.79 Å². The number of hydroxylamine groups is 1. The SMILES string of the molecule is COCONC(=O)c1ccc(Br)o1. The topological polar surface area (TPSA) is 60.7 Å². The van der Waals surface area contributed by atoms with E-state index in [4.69, 9.17) is 4.42 Å². The molecule has 0 saturated carbocycles. The van der Waals surface area contributed by atoms with E-state index >= 15 is 0 Å². The first-order valence-electron chi connectivity index (χ1n) is 3.40. The average Bonchev–Trinajstić information content (AvgIpc) is 2.52. The van der Waals surface area contributed by atoms with Gasteiger partial charge in [-0.25, -0.2) is 10.3 Å². The zero-order chi connectivity index (χ0) is 9.68. The first-order chi connectivity index (χ1) is 6.24. The Bertz CT molecular complexity index is 286. The number of furan rings is 1. The van der Waals surface area contributed by atoms with Gasteiger partial charge in [-0.2, -0.15) is 0 Å². The van der Waals surface area contributed by atoms with Crippen LogP contribution < -0.4 is 5.48 Å². The highest BCUT2D eigenvalue weighted by Gasteiger charge is 2.09. The quantitative estimate of drug-likeness (QED) is 0.497. The number of methoxy groups -OCH3 is 1. The summed E-state index contributed by atoms with van der Waals surface area (Å²) in [6.45, 7) is -0.00633. The first-order valence-corrected chi connectivity index (χ1v) is 4.19. The minimum atomic E-state index is -0.456. The van der Waals surface area contributed by atoms with E-state index < -0.39 is 5.91 Å². The van der Waals surface area contributed by atoms with Crippen LogP contribution in [0.2, 0.25) is 0 Å². The number of carbonyl (C=O) groups excluding carboxylic acids is 1. The normalized spacial score (nSPS) is 10.0. The number of ether oxygens (including phenoxy) is 1. The molecule has 0 aliphatic heterocycles. The van der Waals surface area contributed by atoms with Gasteiger partial charge in [0.2, 0.25) is 0 Å². The van der Waals surface area contributed by atoms with Crippen LogP contribution in [0.3, 0.4) is 0 Å². The third-order valence-corrected chi connectivity index (χ3v) is 1.56. The maximum atomic E-state index is 11.1.